The first-order chi connectivity index (χ1) is 9.67. The summed E-state index contributed by atoms with van der Waals surface area (Å²) in [7, 11) is 1.74. The largest absolute Gasteiger partial charge is 0.459 e. The maximum absolute atomic E-state index is 6.03. The minimum absolute atomic E-state index is 0.461. The molecule has 0 bridgehead atoms. The number of benzene rings is 1. The van der Waals surface area contributed by atoms with Gasteiger partial charge >= 0.3 is 0 Å². The SMILES string of the molecule is CCNCc1oc2ccc(CCOC)cc2c1C(C)C. The molecule has 0 aliphatic carbocycles. The number of hydrogen-bond acceptors (Lipinski definition) is 3. The van der Waals surface area contributed by atoms with E-state index in [9.17, 15) is 0 Å². The van der Waals surface area contributed by atoms with Crippen LogP contribution in [0.15, 0.2) is 22.6 Å². The van der Waals surface area contributed by atoms with Crippen molar-refractivity contribution >= 4 is 11.0 Å². The Morgan fingerprint density at radius 3 is 2.75 bits per heavy atom. The summed E-state index contributed by atoms with van der Waals surface area (Å²) in [6.45, 7) is 9.06. The molecule has 3 heteroatoms. The topological polar surface area (TPSA) is 34.4 Å². The summed E-state index contributed by atoms with van der Waals surface area (Å²) in [5, 5.41) is 4.61. The molecule has 0 radical (unpaired) electrons. The second-order valence-corrected chi connectivity index (χ2v) is 5.45. The van der Waals surface area contributed by atoms with Gasteiger partial charge in [-0.3, -0.25) is 0 Å². The van der Waals surface area contributed by atoms with Gasteiger partial charge in [0.1, 0.15) is 11.3 Å². The fourth-order valence-corrected chi connectivity index (χ4v) is 2.59. The zero-order valence-electron chi connectivity index (χ0n) is 13.0. The predicted molar refractivity (Wildman–Crippen MR) is 83.3 cm³/mol. The normalized spacial score (nSPS) is 11.7. The molecule has 3 nitrogen and oxygen atoms in total. The molecule has 0 aliphatic rings. The summed E-state index contributed by atoms with van der Waals surface area (Å²) < 4.78 is 11.2. The molecule has 2 rings (SSSR count). The van der Waals surface area contributed by atoms with Crippen molar-refractivity contribution in [1.82, 2.24) is 5.32 Å². The van der Waals surface area contributed by atoms with Crippen LogP contribution in [-0.4, -0.2) is 20.3 Å². The number of ether oxygens (including phenoxy) is 1. The second kappa shape index (κ2) is 6.91. The van der Waals surface area contributed by atoms with Gasteiger partial charge in [-0.05, 0) is 36.6 Å². The molecule has 0 saturated heterocycles. The first kappa shape index (κ1) is 15.1. The Morgan fingerprint density at radius 2 is 2.10 bits per heavy atom. The monoisotopic (exact) mass is 275 g/mol. The molecule has 110 valence electrons. The molecular weight excluding hydrogens is 250 g/mol. The molecule has 20 heavy (non-hydrogen) atoms. The lowest BCUT2D eigenvalue weighted by Crippen LogP contribution is -2.12. The lowest BCUT2D eigenvalue weighted by molar-refractivity contribution is 0.202. The minimum atomic E-state index is 0.461. The van der Waals surface area contributed by atoms with Crippen molar-refractivity contribution in [3.63, 3.8) is 0 Å². The van der Waals surface area contributed by atoms with Gasteiger partial charge in [-0.15, -0.1) is 0 Å². The third kappa shape index (κ3) is 3.22. The van der Waals surface area contributed by atoms with E-state index < -0.39 is 0 Å². The number of fused-ring (bicyclic) bond motifs is 1. The molecule has 0 saturated carbocycles. The number of rotatable bonds is 7. The van der Waals surface area contributed by atoms with Crippen molar-refractivity contribution in [3.05, 3.63) is 35.1 Å². The van der Waals surface area contributed by atoms with Crippen molar-refractivity contribution in [2.75, 3.05) is 20.3 Å². The lowest BCUT2D eigenvalue weighted by Gasteiger charge is -2.07. The predicted octanol–water partition coefficient (Wildman–Crippen LogP) is 3.85. The van der Waals surface area contributed by atoms with E-state index in [0.29, 0.717) is 5.92 Å². The molecule has 0 aliphatic heterocycles. The van der Waals surface area contributed by atoms with Crippen LogP contribution in [0, 0.1) is 0 Å². The second-order valence-electron chi connectivity index (χ2n) is 5.45. The zero-order valence-corrected chi connectivity index (χ0v) is 13.0. The summed E-state index contributed by atoms with van der Waals surface area (Å²) in [6.07, 6.45) is 0.942. The van der Waals surface area contributed by atoms with Crippen molar-refractivity contribution in [3.8, 4) is 0 Å². The molecule has 1 aromatic heterocycles. The Morgan fingerprint density at radius 1 is 1.30 bits per heavy atom. The van der Waals surface area contributed by atoms with Gasteiger partial charge in [-0.1, -0.05) is 26.8 Å². The van der Waals surface area contributed by atoms with Crippen molar-refractivity contribution in [2.45, 2.75) is 39.7 Å². The third-order valence-corrected chi connectivity index (χ3v) is 3.58. The van der Waals surface area contributed by atoms with Crippen LogP contribution in [0.2, 0.25) is 0 Å². The molecule has 0 atom stereocenters. The summed E-state index contributed by atoms with van der Waals surface area (Å²) in [5.74, 6) is 1.53. The van der Waals surface area contributed by atoms with E-state index in [0.717, 1.165) is 37.5 Å². The lowest BCUT2D eigenvalue weighted by atomic mass is 9.97. The number of hydrogen-bond donors (Lipinski definition) is 1. The van der Waals surface area contributed by atoms with E-state index in [-0.39, 0.29) is 0 Å². The van der Waals surface area contributed by atoms with Crippen molar-refractivity contribution in [2.24, 2.45) is 0 Å². The van der Waals surface area contributed by atoms with Crippen LogP contribution in [0.4, 0.5) is 0 Å². The van der Waals surface area contributed by atoms with Gasteiger partial charge in [0.15, 0.2) is 0 Å². The molecule has 1 aromatic carbocycles. The van der Waals surface area contributed by atoms with Crippen LogP contribution < -0.4 is 5.32 Å². The maximum Gasteiger partial charge on any atom is 0.134 e. The van der Waals surface area contributed by atoms with E-state index in [4.69, 9.17) is 9.15 Å². The highest BCUT2D eigenvalue weighted by Crippen LogP contribution is 2.32. The number of nitrogens with one attached hydrogen (secondary N) is 1. The Labute approximate surface area is 121 Å². The van der Waals surface area contributed by atoms with Gasteiger partial charge in [-0.2, -0.15) is 0 Å². The van der Waals surface area contributed by atoms with E-state index in [2.05, 4.69) is 44.3 Å². The highest BCUT2D eigenvalue weighted by Gasteiger charge is 2.16. The van der Waals surface area contributed by atoms with Gasteiger partial charge in [-0.25, -0.2) is 0 Å². The van der Waals surface area contributed by atoms with E-state index in [1.165, 1.54) is 16.5 Å². The van der Waals surface area contributed by atoms with Gasteiger partial charge in [0.2, 0.25) is 0 Å². The molecular formula is C17H25NO2. The summed E-state index contributed by atoms with van der Waals surface area (Å²) >= 11 is 0. The molecule has 0 amide bonds. The van der Waals surface area contributed by atoms with Gasteiger partial charge in [0.25, 0.3) is 0 Å². The van der Waals surface area contributed by atoms with Gasteiger partial charge in [0, 0.05) is 18.1 Å². The standard InChI is InChI=1S/C17H25NO2/c1-5-18-11-16-17(12(2)3)14-10-13(8-9-19-4)6-7-15(14)20-16/h6-7,10,12,18H,5,8-9,11H2,1-4H3. The Balaban J connectivity index is 2.41. The van der Waals surface area contributed by atoms with Crippen LogP contribution in [0.3, 0.4) is 0 Å². The summed E-state index contributed by atoms with van der Waals surface area (Å²) in [4.78, 5) is 0. The molecule has 2 aromatic rings. The van der Waals surface area contributed by atoms with Crippen molar-refractivity contribution < 1.29 is 9.15 Å². The fourth-order valence-electron chi connectivity index (χ4n) is 2.59. The van der Waals surface area contributed by atoms with Crippen LogP contribution in [-0.2, 0) is 17.7 Å². The smallest absolute Gasteiger partial charge is 0.134 e. The summed E-state index contributed by atoms with van der Waals surface area (Å²) in [6, 6.07) is 6.47. The average molecular weight is 275 g/mol. The highest BCUT2D eigenvalue weighted by atomic mass is 16.5. The first-order valence-corrected chi connectivity index (χ1v) is 7.41. The number of furan rings is 1. The average Bonchev–Trinajstić information content (AvgIpc) is 2.80. The van der Waals surface area contributed by atoms with E-state index >= 15 is 0 Å². The van der Waals surface area contributed by atoms with Crippen LogP contribution >= 0.6 is 0 Å². The van der Waals surface area contributed by atoms with E-state index in [1.54, 1.807) is 7.11 Å². The van der Waals surface area contributed by atoms with Crippen molar-refractivity contribution in [1.29, 1.82) is 0 Å². The number of methoxy groups -OCH3 is 1. The third-order valence-electron chi connectivity index (χ3n) is 3.58. The zero-order chi connectivity index (χ0) is 14.5. The summed E-state index contributed by atoms with van der Waals surface area (Å²) in [5.41, 5.74) is 3.63. The molecule has 0 fully saturated rings. The van der Waals surface area contributed by atoms with E-state index in [1.807, 2.05) is 0 Å². The van der Waals surface area contributed by atoms with Crippen LogP contribution in [0.1, 0.15) is 43.6 Å². The van der Waals surface area contributed by atoms with Crippen LogP contribution in [0.5, 0.6) is 0 Å². The molecule has 1 heterocycles. The molecule has 0 spiro atoms. The van der Waals surface area contributed by atoms with Gasteiger partial charge in [0.05, 0.1) is 13.2 Å². The quantitative estimate of drug-likeness (QED) is 0.833. The first-order valence-electron chi connectivity index (χ1n) is 7.41. The Kier molecular flexibility index (Phi) is 5.21. The molecule has 0 unspecified atom stereocenters. The maximum atomic E-state index is 6.03. The Bertz CT molecular complexity index is 557. The fraction of sp³-hybridized carbons (Fsp3) is 0.529. The van der Waals surface area contributed by atoms with Gasteiger partial charge < -0.3 is 14.5 Å². The minimum Gasteiger partial charge on any atom is -0.459 e. The molecule has 1 N–H and O–H groups in total. The highest BCUT2D eigenvalue weighted by molar-refractivity contribution is 5.83. The Hall–Kier alpha value is -1.32. The van der Waals surface area contributed by atoms with Crippen LogP contribution in [0.25, 0.3) is 11.0 Å².